The van der Waals surface area contributed by atoms with Crippen LogP contribution in [0.2, 0.25) is 0 Å². The van der Waals surface area contributed by atoms with Crippen LogP contribution < -0.4 is 11.3 Å². The molecule has 0 saturated heterocycles. The second-order valence-corrected chi connectivity index (χ2v) is 3.58. The van der Waals surface area contributed by atoms with Crippen molar-refractivity contribution in [3.8, 4) is 0 Å². The third-order valence-corrected chi connectivity index (χ3v) is 2.26. The fourth-order valence-electron chi connectivity index (χ4n) is 1.23. The summed E-state index contributed by atoms with van der Waals surface area (Å²) < 4.78 is 1.65. The number of thiocarbonyl (C=S) groups is 1. The fourth-order valence-corrected chi connectivity index (χ4v) is 1.38. The van der Waals surface area contributed by atoms with Crippen molar-refractivity contribution in [2.75, 3.05) is 0 Å². The molecule has 0 aromatic carbocycles. The first kappa shape index (κ1) is 10.9. The molecule has 0 atom stereocenters. The smallest absolute Gasteiger partial charge is 0.260 e. The molecule has 76 valence electrons. The molecule has 1 aromatic heterocycles. The van der Waals surface area contributed by atoms with E-state index in [2.05, 4.69) is 6.92 Å². The lowest BCUT2D eigenvalue weighted by molar-refractivity contribution is 0.612. The molecule has 14 heavy (non-hydrogen) atoms. The third-order valence-electron chi connectivity index (χ3n) is 2.04. The highest BCUT2D eigenvalue weighted by molar-refractivity contribution is 7.80. The van der Waals surface area contributed by atoms with Gasteiger partial charge in [-0.15, -0.1) is 0 Å². The highest BCUT2D eigenvalue weighted by atomic mass is 32.1. The monoisotopic (exact) mass is 210 g/mol. The van der Waals surface area contributed by atoms with Crippen molar-refractivity contribution in [2.24, 2.45) is 5.73 Å². The Bertz CT molecular complexity index is 384. The third kappa shape index (κ3) is 2.42. The fraction of sp³-hybridized carbons (Fsp3) is 0.400. The lowest BCUT2D eigenvalue weighted by atomic mass is 10.2. The van der Waals surface area contributed by atoms with Gasteiger partial charge in [0, 0.05) is 12.7 Å². The van der Waals surface area contributed by atoms with E-state index >= 15 is 0 Å². The molecule has 2 N–H and O–H groups in total. The summed E-state index contributed by atoms with van der Waals surface area (Å²) in [6.07, 6.45) is 3.81. The van der Waals surface area contributed by atoms with E-state index in [0.717, 1.165) is 19.4 Å². The summed E-state index contributed by atoms with van der Waals surface area (Å²) in [4.78, 5) is 11.9. The predicted octanol–water partition coefficient (Wildman–Crippen LogP) is 1.28. The Labute approximate surface area is 88.5 Å². The van der Waals surface area contributed by atoms with Gasteiger partial charge in [-0.05, 0) is 18.6 Å². The van der Waals surface area contributed by atoms with Gasteiger partial charge in [-0.3, -0.25) is 4.79 Å². The van der Waals surface area contributed by atoms with Gasteiger partial charge in [-0.2, -0.15) is 0 Å². The van der Waals surface area contributed by atoms with E-state index < -0.39 is 0 Å². The van der Waals surface area contributed by atoms with Gasteiger partial charge in [-0.1, -0.05) is 25.6 Å². The Kier molecular flexibility index (Phi) is 3.83. The molecule has 0 radical (unpaired) electrons. The van der Waals surface area contributed by atoms with E-state index in [0.29, 0.717) is 5.56 Å². The van der Waals surface area contributed by atoms with Crippen molar-refractivity contribution in [2.45, 2.75) is 26.3 Å². The van der Waals surface area contributed by atoms with Crippen LogP contribution in [-0.4, -0.2) is 9.56 Å². The number of nitrogens with two attached hydrogens (primary N) is 1. The van der Waals surface area contributed by atoms with Gasteiger partial charge < -0.3 is 10.3 Å². The summed E-state index contributed by atoms with van der Waals surface area (Å²) in [5.41, 5.74) is 5.77. The Morgan fingerprint density at radius 3 is 2.93 bits per heavy atom. The van der Waals surface area contributed by atoms with E-state index in [-0.39, 0.29) is 10.5 Å². The maximum atomic E-state index is 11.7. The quantitative estimate of drug-likeness (QED) is 0.762. The Hall–Kier alpha value is -1.16. The van der Waals surface area contributed by atoms with Crippen LogP contribution in [0.1, 0.15) is 25.3 Å². The predicted molar refractivity (Wildman–Crippen MR) is 61.5 cm³/mol. The SMILES string of the molecule is CCCCn1cccc(C(N)=S)c1=O. The zero-order chi connectivity index (χ0) is 10.6. The molecule has 4 heteroatoms. The van der Waals surface area contributed by atoms with Crippen LogP contribution in [0.3, 0.4) is 0 Å². The average Bonchev–Trinajstić information content (AvgIpc) is 2.16. The van der Waals surface area contributed by atoms with Crippen molar-refractivity contribution in [1.29, 1.82) is 0 Å². The first-order valence-electron chi connectivity index (χ1n) is 4.66. The van der Waals surface area contributed by atoms with Crippen molar-refractivity contribution in [3.05, 3.63) is 34.2 Å². The van der Waals surface area contributed by atoms with Crippen LogP contribution in [-0.2, 0) is 6.54 Å². The first-order valence-corrected chi connectivity index (χ1v) is 5.07. The van der Waals surface area contributed by atoms with Crippen molar-refractivity contribution in [1.82, 2.24) is 4.57 Å². The average molecular weight is 210 g/mol. The minimum atomic E-state index is -0.0894. The lowest BCUT2D eigenvalue weighted by Crippen LogP contribution is -2.28. The summed E-state index contributed by atoms with van der Waals surface area (Å²) >= 11 is 4.79. The van der Waals surface area contributed by atoms with Crippen LogP contribution in [0.15, 0.2) is 23.1 Å². The second-order valence-electron chi connectivity index (χ2n) is 3.14. The van der Waals surface area contributed by atoms with Crippen LogP contribution >= 0.6 is 12.2 Å². The highest BCUT2D eigenvalue weighted by Crippen LogP contribution is 1.95. The highest BCUT2D eigenvalue weighted by Gasteiger charge is 2.04. The number of nitrogens with zero attached hydrogens (tertiary/aromatic N) is 1. The number of rotatable bonds is 4. The first-order chi connectivity index (χ1) is 6.66. The molecule has 0 spiro atoms. The zero-order valence-corrected chi connectivity index (χ0v) is 9.01. The number of hydrogen-bond acceptors (Lipinski definition) is 2. The van der Waals surface area contributed by atoms with Crippen LogP contribution in [0.25, 0.3) is 0 Å². The maximum Gasteiger partial charge on any atom is 0.260 e. The summed E-state index contributed by atoms with van der Waals surface area (Å²) in [5.74, 6) is 0. The van der Waals surface area contributed by atoms with E-state index in [9.17, 15) is 4.79 Å². The number of aryl methyl sites for hydroxylation is 1. The van der Waals surface area contributed by atoms with E-state index in [4.69, 9.17) is 18.0 Å². The number of unbranched alkanes of at least 4 members (excludes halogenated alkanes) is 1. The normalized spacial score (nSPS) is 10.1. The number of hydrogen-bond donors (Lipinski definition) is 1. The molecular formula is C10H14N2OS. The number of pyridine rings is 1. The number of aromatic nitrogens is 1. The summed E-state index contributed by atoms with van der Waals surface area (Å²) in [5, 5.41) is 0. The molecule has 0 amide bonds. The molecule has 0 unspecified atom stereocenters. The molecule has 0 bridgehead atoms. The van der Waals surface area contributed by atoms with Crippen LogP contribution in [0.4, 0.5) is 0 Å². The standard InChI is InChI=1S/C10H14N2OS/c1-2-3-6-12-7-4-5-8(9(11)14)10(12)13/h4-5,7H,2-3,6H2,1H3,(H2,11,14). The van der Waals surface area contributed by atoms with Gasteiger partial charge in [0.2, 0.25) is 0 Å². The van der Waals surface area contributed by atoms with Gasteiger partial charge in [0.15, 0.2) is 0 Å². The van der Waals surface area contributed by atoms with Gasteiger partial charge >= 0.3 is 0 Å². The Morgan fingerprint density at radius 2 is 2.36 bits per heavy atom. The minimum Gasteiger partial charge on any atom is -0.389 e. The molecule has 1 aromatic rings. The molecule has 1 heterocycles. The van der Waals surface area contributed by atoms with Gasteiger partial charge in [0.1, 0.15) is 4.99 Å². The van der Waals surface area contributed by atoms with Crippen LogP contribution in [0, 0.1) is 0 Å². The second kappa shape index (κ2) is 4.91. The van der Waals surface area contributed by atoms with Crippen molar-refractivity contribution in [3.63, 3.8) is 0 Å². The molecule has 1 rings (SSSR count). The zero-order valence-electron chi connectivity index (χ0n) is 8.19. The molecular weight excluding hydrogens is 196 g/mol. The van der Waals surface area contributed by atoms with Crippen molar-refractivity contribution < 1.29 is 0 Å². The van der Waals surface area contributed by atoms with E-state index in [1.165, 1.54) is 0 Å². The van der Waals surface area contributed by atoms with E-state index in [1.54, 1.807) is 22.9 Å². The van der Waals surface area contributed by atoms with Crippen molar-refractivity contribution >= 4 is 17.2 Å². The Balaban J connectivity index is 3.02. The maximum absolute atomic E-state index is 11.7. The minimum absolute atomic E-state index is 0.0894. The van der Waals surface area contributed by atoms with Gasteiger partial charge in [0.05, 0.1) is 5.56 Å². The molecule has 3 nitrogen and oxygen atoms in total. The summed E-state index contributed by atoms with van der Waals surface area (Å²) in [7, 11) is 0. The summed E-state index contributed by atoms with van der Waals surface area (Å²) in [6.45, 7) is 2.81. The molecule has 0 aliphatic heterocycles. The van der Waals surface area contributed by atoms with Gasteiger partial charge in [-0.25, -0.2) is 0 Å². The molecule has 0 aliphatic rings. The lowest BCUT2D eigenvalue weighted by Gasteiger charge is -2.05. The van der Waals surface area contributed by atoms with Gasteiger partial charge in [0.25, 0.3) is 5.56 Å². The molecule has 0 saturated carbocycles. The Morgan fingerprint density at radius 1 is 1.64 bits per heavy atom. The summed E-state index contributed by atoms with van der Waals surface area (Å²) in [6, 6.07) is 3.46. The topological polar surface area (TPSA) is 48.0 Å². The van der Waals surface area contributed by atoms with E-state index in [1.807, 2.05) is 0 Å². The molecule has 0 aliphatic carbocycles. The molecule has 0 fully saturated rings. The van der Waals surface area contributed by atoms with Crippen LogP contribution in [0.5, 0.6) is 0 Å². The largest absolute Gasteiger partial charge is 0.389 e.